The van der Waals surface area contributed by atoms with Gasteiger partial charge in [-0.1, -0.05) is 41.4 Å². The Labute approximate surface area is 115 Å². The molecule has 17 heavy (non-hydrogen) atoms. The van der Waals surface area contributed by atoms with Crippen molar-refractivity contribution < 1.29 is 0 Å². The molecule has 0 aromatic heterocycles. The molecule has 0 aliphatic carbocycles. The number of rotatable bonds is 2. The average Bonchev–Trinajstić information content (AvgIpc) is 2.31. The van der Waals surface area contributed by atoms with E-state index < -0.39 is 0 Å². The molecule has 0 fully saturated rings. The third-order valence-corrected chi connectivity index (χ3v) is 3.01. The van der Waals surface area contributed by atoms with Gasteiger partial charge in [-0.15, -0.1) is 0 Å². The summed E-state index contributed by atoms with van der Waals surface area (Å²) in [5.41, 5.74) is 2.53. The molecular formula is C13H7Cl2NS. The van der Waals surface area contributed by atoms with Crippen LogP contribution in [0.1, 0.15) is 0 Å². The fraction of sp³-hybridized carbons (Fsp3) is 0. The van der Waals surface area contributed by atoms with Crippen LogP contribution in [0.3, 0.4) is 0 Å². The van der Waals surface area contributed by atoms with Crippen molar-refractivity contribution in [3.8, 4) is 11.1 Å². The third kappa shape index (κ3) is 2.74. The summed E-state index contributed by atoms with van der Waals surface area (Å²) in [6, 6.07) is 12.9. The molecule has 2 aromatic carbocycles. The van der Waals surface area contributed by atoms with Crippen LogP contribution in [0.25, 0.3) is 11.1 Å². The van der Waals surface area contributed by atoms with Gasteiger partial charge < -0.3 is 0 Å². The molecule has 0 N–H and O–H groups in total. The van der Waals surface area contributed by atoms with Crippen molar-refractivity contribution in [3.05, 3.63) is 52.5 Å². The van der Waals surface area contributed by atoms with E-state index in [1.165, 1.54) is 0 Å². The zero-order valence-electron chi connectivity index (χ0n) is 8.65. The van der Waals surface area contributed by atoms with Crippen molar-refractivity contribution in [2.75, 3.05) is 0 Å². The summed E-state index contributed by atoms with van der Waals surface area (Å²) in [5.74, 6) is 0. The van der Waals surface area contributed by atoms with Crippen molar-refractivity contribution in [1.82, 2.24) is 0 Å². The summed E-state index contributed by atoms with van der Waals surface area (Å²) < 4.78 is 0. The van der Waals surface area contributed by atoms with E-state index in [1.54, 1.807) is 0 Å². The molecule has 4 heteroatoms. The maximum Gasteiger partial charge on any atom is 0.0739 e. The van der Waals surface area contributed by atoms with Crippen molar-refractivity contribution >= 4 is 46.3 Å². The summed E-state index contributed by atoms with van der Waals surface area (Å²) in [7, 11) is 0. The van der Waals surface area contributed by atoms with E-state index in [1.807, 2.05) is 42.5 Å². The van der Waals surface area contributed by atoms with Crippen LogP contribution in [0.15, 0.2) is 47.5 Å². The molecule has 1 nitrogen and oxygen atoms in total. The minimum Gasteiger partial charge on any atom is -0.195 e. The Morgan fingerprint density at radius 1 is 0.941 bits per heavy atom. The molecule has 0 spiro atoms. The van der Waals surface area contributed by atoms with Gasteiger partial charge in [0.05, 0.1) is 10.8 Å². The highest BCUT2D eigenvalue weighted by atomic mass is 35.5. The molecule has 0 amide bonds. The van der Waals surface area contributed by atoms with Crippen LogP contribution in [-0.2, 0) is 0 Å². The number of nitrogens with zero attached hydrogens (tertiary/aromatic N) is 1. The molecule has 0 heterocycles. The average molecular weight is 280 g/mol. The lowest BCUT2D eigenvalue weighted by molar-refractivity contribution is 1.54. The molecule has 84 valence electrons. The first-order chi connectivity index (χ1) is 8.22. The van der Waals surface area contributed by atoms with Gasteiger partial charge in [0.15, 0.2) is 0 Å². The maximum absolute atomic E-state index is 6.13. The highest BCUT2D eigenvalue weighted by Crippen LogP contribution is 2.35. The van der Waals surface area contributed by atoms with E-state index in [4.69, 9.17) is 23.2 Å². The SMILES string of the molecule is S=C=Nc1ccc(-c2c(Cl)cccc2Cl)cc1. The first-order valence-corrected chi connectivity index (χ1v) is 6.01. The minimum absolute atomic E-state index is 0.628. The quantitative estimate of drug-likeness (QED) is 0.530. The largest absolute Gasteiger partial charge is 0.195 e. The van der Waals surface area contributed by atoms with Crippen molar-refractivity contribution in [3.63, 3.8) is 0 Å². The van der Waals surface area contributed by atoms with Gasteiger partial charge in [-0.2, -0.15) is 4.99 Å². The Bertz CT molecular complexity index is 567. The van der Waals surface area contributed by atoms with Gasteiger partial charge in [0.2, 0.25) is 0 Å². The van der Waals surface area contributed by atoms with Crippen molar-refractivity contribution in [1.29, 1.82) is 0 Å². The molecule has 2 rings (SSSR count). The lowest BCUT2D eigenvalue weighted by Gasteiger charge is -2.06. The smallest absolute Gasteiger partial charge is 0.0739 e. The minimum atomic E-state index is 0.628. The van der Waals surface area contributed by atoms with Gasteiger partial charge >= 0.3 is 0 Å². The van der Waals surface area contributed by atoms with E-state index >= 15 is 0 Å². The van der Waals surface area contributed by atoms with Gasteiger partial charge in [0.1, 0.15) is 0 Å². The van der Waals surface area contributed by atoms with E-state index in [0.717, 1.165) is 16.8 Å². The summed E-state index contributed by atoms with van der Waals surface area (Å²) in [5, 5.41) is 3.58. The standard InChI is InChI=1S/C13H7Cl2NS/c14-11-2-1-3-12(15)13(11)9-4-6-10(7-5-9)16-8-17/h1-7H. The Hall–Kier alpha value is -1.18. The Balaban J connectivity index is 2.50. The van der Waals surface area contributed by atoms with Gasteiger partial charge in [-0.25, -0.2) is 0 Å². The molecule has 0 bridgehead atoms. The lowest BCUT2D eigenvalue weighted by Crippen LogP contribution is -1.80. The fourth-order valence-corrected chi connectivity index (χ4v) is 2.25. The second-order valence-corrected chi connectivity index (χ2v) is 4.34. The van der Waals surface area contributed by atoms with Gasteiger partial charge in [-0.3, -0.25) is 0 Å². The molecule has 2 aromatic rings. The van der Waals surface area contributed by atoms with Crippen LogP contribution < -0.4 is 0 Å². The van der Waals surface area contributed by atoms with Crippen LogP contribution in [-0.4, -0.2) is 5.16 Å². The van der Waals surface area contributed by atoms with E-state index in [-0.39, 0.29) is 0 Å². The third-order valence-electron chi connectivity index (χ3n) is 2.29. The first-order valence-electron chi connectivity index (χ1n) is 4.84. The highest BCUT2D eigenvalue weighted by molar-refractivity contribution is 7.78. The molecular weight excluding hydrogens is 273 g/mol. The van der Waals surface area contributed by atoms with Gasteiger partial charge in [0, 0.05) is 15.6 Å². The number of thiocarbonyl (C=S) groups is 1. The van der Waals surface area contributed by atoms with Gasteiger partial charge in [0.25, 0.3) is 0 Å². The Morgan fingerprint density at radius 2 is 1.53 bits per heavy atom. The number of hydrogen-bond donors (Lipinski definition) is 0. The zero-order chi connectivity index (χ0) is 12.3. The predicted octanol–water partition coefficient (Wildman–Crippen LogP) is 5.39. The monoisotopic (exact) mass is 279 g/mol. The number of hydrogen-bond acceptors (Lipinski definition) is 2. The fourth-order valence-electron chi connectivity index (χ4n) is 1.53. The van der Waals surface area contributed by atoms with E-state index in [2.05, 4.69) is 22.4 Å². The molecule has 0 radical (unpaired) electrons. The molecule has 0 saturated carbocycles. The molecule has 0 unspecified atom stereocenters. The van der Waals surface area contributed by atoms with Crippen molar-refractivity contribution in [2.45, 2.75) is 0 Å². The lowest BCUT2D eigenvalue weighted by atomic mass is 10.1. The van der Waals surface area contributed by atoms with Crippen LogP contribution in [0, 0.1) is 0 Å². The molecule has 0 aliphatic rings. The second kappa shape index (κ2) is 5.44. The number of benzene rings is 2. The van der Waals surface area contributed by atoms with Crippen LogP contribution in [0.4, 0.5) is 5.69 Å². The normalized spacial score (nSPS) is 9.76. The number of aliphatic imine (C=N–C) groups is 1. The second-order valence-electron chi connectivity index (χ2n) is 3.35. The molecule has 0 aliphatic heterocycles. The van der Waals surface area contributed by atoms with Crippen molar-refractivity contribution in [2.24, 2.45) is 4.99 Å². The Kier molecular flexibility index (Phi) is 3.93. The highest BCUT2D eigenvalue weighted by Gasteiger charge is 2.07. The molecule has 0 saturated heterocycles. The first kappa shape index (κ1) is 12.3. The van der Waals surface area contributed by atoms with E-state index in [0.29, 0.717) is 10.0 Å². The predicted molar refractivity (Wildman–Crippen MR) is 76.6 cm³/mol. The molecule has 0 atom stereocenters. The summed E-state index contributed by atoms with van der Waals surface area (Å²) in [6.07, 6.45) is 0. The zero-order valence-corrected chi connectivity index (χ0v) is 11.0. The number of halogens is 2. The topological polar surface area (TPSA) is 12.4 Å². The van der Waals surface area contributed by atoms with E-state index in [9.17, 15) is 0 Å². The summed E-state index contributed by atoms with van der Waals surface area (Å²) in [6.45, 7) is 0. The Morgan fingerprint density at radius 3 is 2.06 bits per heavy atom. The van der Waals surface area contributed by atoms with Crippen LogP contribution in [0.2, 0.25) is 10.0 Å². The van der Waals surface area contributed by atoms with Crippen LogP contribution >= 0.6 is 35.4 Å². The summed E-state index contributed by atoms with van der Waals surface area (Å²) >= 11 is 16.8. The summed E-state index contributed by atoms with van der Waals surface area (Å²) in [4.78, 5) is 3.89. The maximum atomic E-state index is 6.13. The number of isothiocyanates is 1. The van der Waals surface area contributed by atoms with Gasteiger partial charge in [-0.05, 0) is 42.0 Å². The van der Waals surface area contributed by atoms with Crippen LogP contribution in [0.5, 0.6) is 0 Å².